The van der Waals surface area contributed by atoms with Crippen molar-refractivity contribution in [2.75, 3.05) is 39.3 Å². The van der Waals surface area contributed by atoms with Gasteiger partial charge in [-0.3, -0.25) is 9.79 Å². The van der Waals surface area contributed by atoms with Crippen LogP contribution in [0.2, 0.25) is 0 Å². The number of nitrogens with zero attached hydrogens (tertiary/aromatic N) is 2. The molecule has 27 heavy (non-hydrogen) atoms. The zero-order chi connectivity index (χ0) is 18.8. The molecule has 7 heteroatoms. The third-order valence-corrected chi connectivity index (χ3v) is 6.18. The molecular formula is C20H40IN5O. The molecule has 0 spiro atoms. The second-order valence-corrected chi connectivity index (χ2v) is 8.08. The Balaban J connectivity index is 0.00000364. The van der Waals surface area contributed by atoms with Gasteiger partial charge in [0.2, 0.25) is 5.91 Å². The van der Waals surface area contributed by atoms with Crippen LogP contribution >= 0.6 is 24.0 Å². The third-order valence-electron chi connectivity index (χ3n) is 6.18. The fourth-order valence-corrected chi connectivity index (χ4v) is 4.34. The number of nitrogens with two attached hydrogens (primary N) is 1. The van der Waals surface area contributed by atoms with E-state index in [-0.39, 0.29) is 35.8 Å². The first kappa shape index (κ1) is 24.5. The lowest BCUT2D eigenvalue weighted by Crippen LogP contribution is -2.43. The maximum absolute atomic E-state index is 11.4. The molecule has 1 unspecified atom stereocenters. The number of nitrogens with one attached hydrogen (secondary N) is 2. The normalized spacial score (nSPS) is 22.9. The molecule has 1 saturated carbocycles. The molecule has 0 bridgehead atoms. The predicted molar refractivity (Wildman–Crippen MR) is 124 cm³/mol. The van der Waals surface area contributed by atoms with Crippen molar-refractivity contribution in [1.82, 2.24) is 15.5 Å². The quantitative estimate of drug-likeness (QED) is 0.200. The van der Waals surface area contributed by atoms with Crippen LogP contribution in [0.4, 0.5) is 0 Å². The topological polar surface area (TPSA) is 82.8 Å². The Bertz CT molecular complexity index is 465. The van der Waals surface area contributed by atoms with Crippen LogP contribution < -0.4 is 16.4 Å². The van der Waals surface area contributed by atoms with Crippen LogP contribution in [-0.4, -0.2) is 56.0 Å². The molecule has 2 fully saturated rings. The summed E-state index contributed by atoms with van der Waals surface area (Å²) in [5, 5.41) is 6.85. The zero-order valence-corrected chi connectivity index (χ0v) is 19.6. The number of halogens is 1. The molecule has 2 aliphatic rings. The summed E-state index contributed by atoms with van der Waals surface area (Å²) < 4.78 is 0. The van der Waals surface area contributed by atoms with E-state index in [1.807, 2.05) is 0 Å². The molecular weight excluding hydrogens is 453 g/mol. The molecule has 1 saturated heterocycles. The van der Waals surface area contributed by atoms with Crippen LogP contribution in [0, 0.1) is 11.3 Å². The van der Waals surface area contributed by atoms with Gasteiger partial charge in [-0.1, -0.05) is 19.8 Å². The molecule has 0 aromatic rings. The Morgan fingerprint density at radius 3 is 2.59 bits per heavy atom. The lowest BCUT2D eigenvalue weighted by molar-refractivity contribution is -0.123. The van der Waals surface area contributed by atoms with Crippen molar-refractivity contribution in [2.24, 2.45) is 22.1 Å². The predicted octanol–water partition coefficient (Wildman–Crippen LogP) is 2.72. The average Bonchev–Trinajstić information content (AvgIpc) is 3.13. The highest BCUT2D eigenvalue weighted by atomic mass is 127. The van der Waals surface area contributed by atoms with Crippen LogP contribution in [-0.2, 0) is 4.79 Å². The zero-order valence-electron chi connectivity index (χ0n) is 17.3. The molecule has 1 amide bonds. The van der Waals surface area contributed by atoms with E-state index < -0.39 is 0 Å². The number of hydrogen-bond acceptors (Lipinski definition) is 3. The summed E-state index contributed by atoms with van der Waals surface area (Å²) >= 11 is 0. The van der Waals surface area contributed by atoms with E-state index in [4.69, 9.17) is 10.7 Å². The highest BCUT2D eigenvalue weighted by Crippen LogP contribution is 2.41. The van der Waals surface area contributed by atoms with Gasteiger partial charge in [0.1, 0.15) is 0 Å². The maximum atomic E-state index is 11.4. The first-order chi connectivity index (χ1) is 12.6. The molecule has 6 nitrogen and oxygen atoms in total. The van der Waals surface area contributed by atoms with Crippen molar-refractivity contribution in [2.45, 2.75) is 65.2 Å². The van der Waals surface area contributed by atoms with Gasteiger partial charge < -0.3 is 21.3 Å². The summed E-state index contributed by atoms with van der Waals surface area (Å²) in [6.45, 7) is 10.1. The Labute approximate surface area is 182 Å². The number of carbonyl (C=O) groups excluding carboxylic acids is 1. The number of carbonyl (C=O) groups is 1. The van der Waals surface area contributed by atoms with Crippen molar-refractivity contribution in [1.29, 1.82) is 0 Å². The van der Waals surface area contributed by atoms with E-state index in [0.717, 1.165) is 64.5 Å². The number of rotatable bonds is 9. The van der Waals surface area contributed by atoms with E-state index in [1.165, 1.54) is 32.1 Å². The van der Waals surface area contributed by atoms with Crippen molar-refractivity contribution in [3.8, 4) is 0 Å². The Hall–Kier alpha value is -0.570. The number of piperidine rings is 1. The van der Waals surface area contributed by atoms with Gasteiger partial charge in [-0.2, -0.15) is 0 Å². The summed E-state index contributed by atoms with van der Waals surface area (Å²) in [6.07, 6.45) is 9.65. The second kappa shape index (κ2) is 12.8. The Morgan fingerprint density at radius 1 is 1.22 bits per heavy atom. The van der Waals surface area contributed by atoms with Crippen molar-refractivity contribution < 1.29 is 4.79 Å². The van der Waals surface area contributed by atoms with E-state index in [0.29, 0.717) is 5.41 Å². The smallest absolute Gasteiger partial charge is 0.221 e. The fourth-order valence-electron chi connectivity index (χ4n) is 4.34. The minimum Gasteiger partial charge on any atom is -0.369 e. The van der Waals surface area contributed by atoms with Crippen LogP contribution in [0.25, 0.3) is 0 Å². The van der Waals surface area contributed by atoms with Crippen LogP contribution in [0.15, 0.2) is 4.99 Å². The van der Waals surface area contributed by atoms with Crippen LogP contribution in [0.5, 0.6) is 0 Å². The molecule has 1 aliphatic heterocycles. The van der Waals surface area contributed by atoms with E-state index in [2.05, 4.69) is 29.4 Å². The van der Waals surface area contributed by atoms with Gasteiger partial charge in [-0.05, 0) is 64.0 Å². The lowest BCUT2D eigenvalue weighted by Gasteiger charge is -2.31. The molecule has 1 atom stereocenters. The van der Waals surface area contributed by atoms with E-state index in [1.54, 1.807) is 0 Å². The summed E-state index contributed by atoms with van der Waals surface area (Å²) in [5.41, 5.74) is 5.89. The molecule has 2 rings (SSSR count). The minimum absolute atomic E-state index is 0. The number of amides is 1. The third kappa shape index (κ3) is 8.13. The monoisotopic (exact) mass is 493 g/mol. The number of hydrogen-bond donors (Lipinski definition) is 3. The summed E-state index contributed by atoms with van der Waals surface area (Å²) in [4.78, 5) is 18.6. The van der Waals surface area contributed by atoms with Gasteiger partial charge in [0.15, 0.2) is 5.96 Å². The highest BCUT2D eigenvalue weighted by molar-refractivity contribution is 14.0. The second-order valence-electron chi connectivity index (χ2n) is 8.08. The van der Waals surface area contributed by atoms with Gasteiger partial charge in [-0.15, -0.1) is 24.0 Å². The van der Waals surface area contributed by atoms with Gasteiger partial charge in [0.25, 0.3) is 0 Å². The summed E-state index contributed by atoms with van der Waals surface area (Å²) in [5.74, 6) is 0.833. The van der Waals surface area contributed by atoms with Crippen molar-refractivity contribution >= 4 is 35.8 Å². The van der Waals surface area contributed by atoms with Crippen molar-refractivity contribution in [3.63, 3.8) is 0 Å². The van der Waals surface area contributed by atoms with Gasteiger partial charge >= 0.3 is 0 Å². The Morgan fingerprint density at radius 2 is 1.96 bits per heavy atom. The number of guanidine groups is 1. The van der Waals surface area contributed by atoms with Crippen molar-refractivity contribution in [3.05, 3.63) is 0 Å². The van der Waals surface area contributed by atoms with E-state index >= 15 is 0 Å². The molecule has 0 aromatic heterocycles. The number of aliphatic imine (C=N–C) groups is 1. The molecule has 1 aliphatic carbocycles. The summed E-state index contributed by atoms with van der Waals surface area (Å²) in [6, 6.07) is 0. The standard InChI is InChI=1S/C20H39N5O.HI/c1-3-20(10-5-6-11-20)16-24-19(22-4-2)23-12-8-14-25-13-7-9-17(15-25)18(21)26;/h17H,3-16H2,1-2H3,(H2,21,26)(H2,22,23,24);1H. The SMILES string of the molecule is CCNC(=NCC1(CC)CCCC1)NCCCN1CCCC(C(N)=O)C1.I. The molecule has 0 radical (unpaired) electrons. The summed E-state index contributed by atoms with van der Waals surface area (Å²) in [7, 11) is 0. The molecule has 1 heterocycles. The van der Waals surface area contributed by atoms with Gasteiger partial charge in [0.05, 0.1) is 5.92 Å². The highest BCUT2D eigenvalue weighted by Gasteiger charge is 2.31. The molecule has 158 valence electrons. The van der Waals surface area contributed by atoms with Crippen LogP contribution in [0.3, 0.4) is 0 Å². The Kier molecular flexibility index (Phi) is 11.6. The first-order valence-electron chi connectivity index (χ1n) is 10.6. The van der Waals surface area contributed by atoms with Crippen LogP contribution in [0.1, 0.15) is 65.2 Å². The lowest BCUT2D eigenvalue weighted by atomic mass is 9.84. The largest absolute Gasteiger partial charge is 0.369 e. The number of primary amides is 1. The molecule has 0 aromatic carbocycles. The average molecular weight is 493 g/mol. The first-order valence-corrected chi connectivity index (χ1v) is 10.6. The molecule has 4 N–H and O–H groups in total. The maximum Gasteiger partial charge on any atom is 0.221 e. The van der Waals surface area contributed by atoms with Gasteiger partial charge in [-0.25, -0.2) is 0 Å². The fraction of sp³-hybridized carbons (Fsp3) is 0.900. The minimum atomic E-state index is -0.147. The van der Waals surface area contributed by atoms with Gasteiger partial charge in [0, 0.05) is 26.2 Å². The number of likely N-dealkylation sites (tertiary alicyclic amines) is 1. The van der Waals surface area contributed by atoms with E-state index in [9.17, 15) is 4.79 Å².